The Hall–Kier alpha value is -3.58. The van der Waals surface area contributed by atoms with Crippen LogP contribution in [0.2, 0.25) is 0 Å². The highest BCUT2D eigenvalue weighted by Gasteiger charge is 2.08. The number of anilines is 1. The largest absolute Gasteiger partial charge is 0.506 e. The lowest BCUT2D eigenvalue weighted by atomic mass is 10.1. The molecule has 0 aliphatic carbocycles. The molecule has 0 fully saturated rings. The van der Waals surface area contributed by atoms with Crippen LogP contribution in [-0.2, 0) is 6.54 Å². The van der Waals surface area contributed by atoms with E-state index >= 15 is 0 Å². The number of nitrogens with one attached hydrogen (secondary N) is 3. The number of carbonyl (C=O) groups is 2. The third-order valence-corrected chi connectivity index (χ3v) is 3.88. The monoisotopic (exact) mass is 351 g/mol. The van der Waals surface area contributed by atoms with Gasteiger partial charge in [0.2, 0.25) is 0 Å². The van der Waals surface area contributed by atoms with Crippen molar-refractivity contribution >= 4 is 28.4 Å². The normalized spacial score (nSPS) is 10.3. The Morgan fingerprint density at radius 1 is 0.923 bits per heavy atom. The fourth-order valence-electron chi connectivity index (χ4n) is 2.52. The second-order valence-electron chi connectivity index (χ2n) is 5.66. The zero-order chi connectivity index (χ0) is 18.5. The number of urea groups is 1. The van der Waals surface area contributed by atoms with Crippen LogP contribution in [-0.4, -0.2) is 22.3 Å². The fourth-order valence-corrected chi connectivity index (χ4v) is 2.52. The number of benzene rings is 3. The van der Waals surface area contributed by atoms with Gasteiger partial charge in [0.1, 0.15) is 5.75 Å². The number of aromatic hydroxyl groups is 1. The zero-order valence-corrected chi connectivity index (χ0v) is 13.7. The summed E-state index contributed by atoms with van der Waals surface area (Å²) in [6.45, 7) is 0.237. The first-order chi connectivity index (χ1) is 12.6. The average Bonchev–Trinajstić information content (AvgIpc) is 2.66. The Balaban J connectivity index is 1.62. The van der Waals surface area contributed by atoms with Gasteiger partial charge in [-0.1, -0.05) is 36.4 Å². The van der Waals surface area contributed by atoms with E-state index in [1.165, 1.54) is 12.1 Å². The maximum absolute atomic E-state index is 12.1. The molecule has 3 rings (SSSR count). The van der Waals surface area contributed by atoms with Crippen molar-refractivity contribution in [3.05, 3.63) is 71.8 Å². The van der Waals surface area contributed by atoms with Crippen LogP contribution in [0.5, 0.6) is 5.75 Å². The van der Waals surface area contributed by atoms with Crippen LogP contribution in [0.1, 0.15) is 15.9 Å². The van der Waals surface area contributed by atoms with Crippen molar-refractivity contribution in [2.45, 2.75) is 6.54 Å². The van der Waals surface area contributed by atoms with Gasteiger partial charge in [0, 0.05) is 12.1 Å². The first kappa shape index (κ1) is 17.2. The van der Waals surface area contributed by atoms with E-state index in [1.54, 1.807) is 29.7 Å². The highest BCUT2D eigenvalue weighted by Crippen LogP contribution is 2.29. The van der Waals surface area contributed by atoms with Gasteiger partial charge in [0.05, 0.1) is 5.69 Å². The summed E-state index contributed by atoms with van der Waals surface area (Å²) in [7, 11) is 0. The first-order valence-electron chi connectivity index (χ1n) is 7.87. The molecule has 0 atom stereocenters. The molecule has 26 heavy (non-hydrogen) atoms. The van der Waals surface area contributed by atoms with Gasteiger partial charge in [-0.15, -0.1) is 0 Å². The third-order valence-electron chi connectivity index (χ3n) is 3.88. The molecule has 3 aromatic carbocycles. The van der Waals surface area contributed by atoms with Gasteiger partial charge >= 0.3 is 6.03 Å². The predicted molar refractivity (Wildman–Crippen MR) is 97.2 cm³/mol. The quantitative estimate of drug-likeness (QED) is 0.283. The molecular formula is C19H17N3O4. The van der Waals surface area contributed by atoms with Crippen molar-refractivity contribution in [3.8, 4) is 5.75 Å². The molecule has 0 unspecified atom stereocenters. The van der Waals surface area contributed by atoms with Gasteiger partial charge in [0.15, 0.2) is 0 Å². The summed E-state index contributed by atoms with van der Waals surface area (Å²) in [4.78, 5) is 23.3. The summed E-state index contributed by atoms with van der Waals surface area (Å²) >= 11 is 0. The van der Waals surface area contributed by atoms with Gasteiger partial charge < -0.3 is 15.7 Å². The lowest BCUT2D eigenvalue weighted by Gasteiger charge is -2.10. The van der Waals surface area contributed by atoms with Crippen LogP contribution in [0.4, 0.5) is 10.5 Å². The molecule has 5 N–H and O–H groups in total. The van der Waals surface area contributed by atoms with Crippen molar-refractivity contribution in [1.29, 1.82) is 0 Å². The lowest BCUT2D eigenvalue weighted by molar-refractivity contribution is 0.0706. The highest BCUT2D eigenvalue weighted by atomic mass is 16.5. The number of hydrogen-bond acceptors (Lipinski definition) is 4. The molecule has 0 aliphatic heterocycles. The molecule has 0 saturated heterocycles. The molecule has 0 heterocycles. The second kappa shape index (κ2) is 7.54. The molecule has 132 valence electrons. The number of amides is 3. The van der Waals surface area contributed by atoms with Crippen LogP contribution >= 0.6 is 0 Å². The summed E-state index contributed by atoms with van der Waals surface area (Å²) in [6, 6.07) is 16.8. The number of rotatable bonds is 4. The molecule has 3 amide bonds. The second-order valence-corrected chi connectivity index (χ2v) is 5.66. The van der Waals surface area contributed by atoms with E-state index in [4.69, 9.17) is 5.21 Å². The summed E-state index contributed by atoms with van der Waals surface area (Å²) in [5, 5.41) is 25.7. The molecule has 0 saturated carbocycles. The Labute approximate surface area is 149 Å². The summed E-state index contributed by atoms with van der Waals surface area (Å²) in [5.41, 5.74) is 2.95. The number of hydrogen-bond donors (Lipinski definition) is 5. The van der Waals surface area contributed by atoms with Crippen LogP contribution in [0.15, 0.2) is 60.7 Å². The Morgan fingerprint density at radius 3 is 2.23 bits per heavy atom. The summed E-state index contributed by atoms with van der Waals surface area (Å²) < 4.78 is 0. The Kier molecular flexibility index (Phi) is 5.00. The first-order valence-corrected chi connectivity index (χ1v) is 7.87. The summed E-state index contributed by atoms with van der Waals surface area (Å²) in [6.07, 6.45) is 0. The van der Waals surface area contributed by atoms with E-state index in [0.717, 1.165) is 16.3 Å². The molecule has 0 bridgehead atoms. The SMILES string of the molecule is O=C(NCc1ccc(C(=O)NO)cc1)Nc1cc2ccccc2cc1O. The Bertz CT molecular complexity index is 955. The van der Waals surface area contributed by atoms with E-state index in [2.05, 4.69) is 10.6 Å². The molecule has 3 aromatic rings. The topological polar surface area (TPSA) is 111 Å². The maximum atomic E-state index is 12.1. The van der Waals surface area contributed by atoms with E-state index in [0.29, 0.717) is 11.3 Å². The van der Waals surface area contributed by atoms with Crippen molar-refractivity contribution < 1.29 is 19.9 Å². The molecule has 0 spiro atoms. The van der Waals surface area contributed by atoms with Crippen LogP contribution in [0.25, 0.3) is 10.8 Å². The Morgan fingerprint density at radius 2 is 1.58 bits per heavy atom. The average molecular weight is 351 g/mol. The van der Waals surface area contributed by atoms with Gasteiger partial charge in [-0.05, 0) is 40.6 Å². The predicted octanol–water partition coefficient (Wildman–Crippen LogP) is 2.99. The van der Waals surface area contributed by atoms with Crippen molar-refractivity contribution in [1.82, 2.24) is 10.8 Å². The molecule has 0 aromatic heterocycles. The number of fused-ring (bicyclic) bond motifs is 1. The minimum Gasteiger partial charge on any atom is -0.506 e. The minimum absolute atomic E-state index is 0.0155. The van der Waals surface area contributed by atoms with Gasteiger partial charge in [-0.3, -0.25) is 10.0 Å². The number of carbonyl (C=O) groups excluding carboxylic acids is 2. The van der Waals surface area contributed by atoms with E-state index in [1.807, 2.05) is 24.3 Å². The van der Waals surface area contributed by atoms with Crippen molar-refractivity contribution in [2.24, 2.45) is 0 Å². The summed E-state index contributed by atoms with van der Waals surface area (Å²) in [5.74, 6) is -0.618. The van der Waals surface area contributed by atoms with Crippen LogP contribution in [0, 0.1) is 0 Å². The van der Waals surface area contributed by atoms with Crippen LogP contribution in [0.3, 0.4) is 0 Å². The van der Waals surface area contributed by atoms with E-state index < -0.39 is 11.9 Å². The molecule has 7 nitrogen and oxygen atoms in total. The molecule has 7 heteroatoms. The fraction of sp³-hybridized carbons (Fsp3) is 0.0526. The number of hydroxylamine groups is 1. The van der Waals surface area contributed by atoms with Crippen LogP contribution < -0.4 is 16.1 Å². The maximum Gasteiger partial charge on any atom is 0.319 e. The molecule has 0 radical (unpaired) electrons. The minimum atomic E-state index is -0.603. The van der Waals surface area contributed by atoms with Gasteiger partial charge in [-0.25, -0.2) is 10.3 Å². The highest BCUT2D eigenvalue weighted by molar-refractivity contribution is 5.96. The number of phenols is 1. The third kappa shape index (κ3) is 3.90. The van der Waals surface area contributed by atoms with Gasteiger partial charge in [-0.2, -0.15) is 0 Å². The molecule has 0 aliphatic rings. The molecular weight excluding hydrogens is 334 g/mol. The zero-order valence-electron chi connectivity index (χ0n) is 13.7. The van der Waals surface area contributed by atoms with Crippen molar-refractivity contribution in [2.75, 3.05) is 5.32 Å². The lowest BCUT2D eigenvalue weighted by Crippen LogP contribution is -2.28. The van der Waals surface area contributed by atoms with E-state index in [9.17, 15) is 14.7 Å². The smallest absolute Gasteiger partial charge is 0.319 e. The van der Waals surface area contributed by atoms with Gasteiger partial charge in [0.25, 0.3) is 5.91 Å². The number of phenolic OH excluding ortho intramolecular Hbond substituents is 1. The van der Waals surface area contributed by atoms with E-state index in [-0.39, 0.29) is 12.3 Å². The standard InChI is InChI=1S/C19H17N3O4/c23-17-10-15-4-2-1-3-14(15)9-16(17)21-19(25)20-11-12-5-7-13(8-6-12)18(24)22-26/h1-10,23,26H,11H2,(H,22,24)(H2,20,21,25). The van der Waals surface area contributed by atoms with Crippen molar-refractivity contribution in [3.63, 3.8) is 0 Å².